The highest BCUT2D eigenvalue weighted by molar-refractivity contribution is 5.74. The van der Waals surface area contributed by atoms with E-state index in [9.17, 15) is 4.79 Å². The lowest BCUT2D eigenvalue weighted by molar-refractivity contribution is 0.190. The molecule has 0 atom stereocenters. The van der Waals surface area contributed by atoms with Crippen LogP contribution in [0.1, 0.15) is 24.4 Å². The van der Waals surface area contributed by atoms with Crippen LogP contribution in [0.5, 0.6) is 0 Å². The molecule has 0 aromatic carbocycles. The summed E-state index contributed by atoms with van der Waals surface area (Å²) in [5, 5.41) is 7.27. The molecule has 0 bridgehead atoms. The van der Waals surface area contributed by atoms with Gasteiger partial charge >= 0.3 is 6.03 Å². The number of hydrogen-bond acceptors (Lipinski definition) is 4. The van der Waals surface area contributed by atoms with E-state index in [1.807, 2.05) is 47.5 Å². The Morgan fingerprint density at radius 1 is 1.25 bits per heavy atom. The zero-order valence-electron chi connectivity index (χ0n) is 13.2. The molecule has 1 fully saturated rings. The average Bonchev–Trinajstić information content (AvgIpc) is 3.37. The van der Waals surface area contributed by atoms with Gasteiger partial charge in [0.05, 0.1) is 18.8 Å². The SMILES string of the molecule is O=C(NCc1nc2ccccn2n1)N(Cc1ccccn1)C1CC1. The Morgan fingerprint density at radius 2 is 2.12 bits per heavy atom. The maximum atomic E-state index is 12.5. The van der Waals surface area contributed by atoms with E-state index in [0.717, 1.165) is 24.2 Å². The third kappa shape index (κ3) is 3.19. The zero-order chi connectivity index (χ0) is 16.4. The van der Waals surface area contributed by atoms with E-state index in [2.05, 4.69) is 20.4 Å². The van der Waals surface area contributed by atoms with Gasteiger partial charge < -0.3 is 10.2 Å². The van der Waals surface area contributed by atoms with Crippen LogP contribution in [0.2, 0.25) is 0 Å². The fourth-order valence-electron chi connectivity index (χ4n) is 2.63. The van der Waals surface area contributed by atoms with Gasteiger partial charge in [0.2, 0.25) is 0 Å². The molecule has 7 nitrogen and oxygen atoms in total. The molecule has 7 heteroatoms. The monoisotopic (exact) mass is 322 g/mol. The highest BCUT2D eigenvalue weighted by Gasteiger charge is 2.32. The number of nitrogens with one attached hydrogen (secondary N) is 1. The average molecular weight is 322 g/mol. The summed E-state index contributed by atoms with van der Waals surface area (Å²) in [5.74, 6) is 0.600. The quantitative estimate of drug-likeness (QED) is 0.779. The minimum Gasteiger partial charge on any atom is -0.331 e. The topological polar surface area (TPSA) is 75.4 Å². The first-order valence-corrected chi connectivity index (χ1v) is 8.04. The van der Waals surface area contributed by atoms with E-state index in [-0.39, 0.29) is 6.03 Å². The second-order valence-electron chi connectivity index (χ2n) is 5.87. The largest absolute Gasteiger partial charge is 0.331 e. The summed E-state index contributed by atoms with van der Waals surface area (Å²) in [6.45, 7) is 0.835. The molecule has 0 saturated heterocycles. The van der Waals surface area contributed by atoms with Crippen LogP contribution < -0.4 is 5.32 Å². The van der Waals surface area contributed by atoms with Crippen LogP contribution in [0.3, 0.4) is 0 Å². The van der Waals surface area contributed by atoms with Gasteiger partial charge in [0, 0.05) is 18.4 Å². The Bertz CT molecular complexity index is 809. The second kappa shape index (κ2) is 6.27. The molecule has 1 N–H and O–H groups in total. The number of aromatic nitrogens is 4. The van der Waals surface area contributed by atoms with Crippen molar-refractivity contribution in [3.63, 3.8) is 0 Å². The molecular weight excluding hydrogens is 304 g/mol. The van der Waals surface area contributed by atoms with Gasteiger partial charge in [-0.2, -0.15) is 0 Å². The van der Waals surface area contributed by atoms with Crippen molar-refractivity contribution in [1.82, 2.24) is 29.8 Å². The van der Waals surface area contributed by atoms with Gasteiger partial charge in [-0.15, -0.1) is 5.10 Å². The lowest BCUT2D eigenvalue weighted by Gasteiger charge is -2.22. The second-order valence-corrected chi connectivity index (χ2v) is 5.87. The Kier molecular flexibility index (Phi) is 3.82. The van der Waals surface area contributed by atoms with Crippen molar-refractivity contribution in [1.29, 1.82) is 0 Å². The molecule has 0 unspecified atom stereocenters. The van der Waals surface area contributed by atoms with E-state index >= 15 is 0 Å². The zero-order valence-corrected chi connectivity index (χ0v) is 13.2. The van der Waals surface area contributed by atoms with Crippen LogP contribution in [0.15, 0.2) is 48.8 Å². The minimum absolute atomic E-state index is 0.0954. The van der Waals surface area contributed by atoms with Crippen molar-refractivity contribution in [2.75, 3.05) is 0 Å². The molecule has 24 heavy (non-hydrogen) atoms. The fraction of sp³-hybridized carbons (Fsp3) is 0.294. The first-order valence-electron chi connectivity index (χ1n) is 8.04. The molecule has 4 rings (SSSR count). The minimum atomic E-state index is -0.0954. The number of rotatable bonds is 5. The first kappa shape index (κ1) is 14.6. The third-order valence-electron chi connectivity index (χ3n) is 3.99. The van der Waals surface area contributed by atoms with Gasteiger partial charge in [-0.05, 0) is 37.1 Å². The smallest absolute Gasteiger partial charge is 0.318 e. The molecule has 3 aromatic heterocycles. The van der Waals surface area contributed by atoms with E-state index in [1.54, 1.807) is 10.7 Å². The predicted molar refractivity (Wildman–Crippen MR) is 88.0 cm³/mol. The third-order valence-corrected chi connectivity index (χ3v) is 3.99. The van der Waals surface area contributed by atoms with Gasteiger partial charge in [0.25, 0.3) is 0 Å². The first-order chi connectivity index (χ1) is 11.8. The van der Waals surface area contributed by atoms with Gasteiger partial charge in [-0.25, -0.2) is 14.3 Å². The number of carbonyl (C=O) groups is 1. The van der Waals surface area contributed by atoms with Crippen molar-refractivity contribution in [3.8, 4) is 0 Å². The Balaban J connectivity index is 1.41. The van der Waals surface area contributed by atoms with Crippen LogP contribution in [0.4, 0.5) is 4.79 Å². The summed E-state index contributed by atoms with van der Waals surface area (Å²) in [6, 6.07) is 11.6. The van der Waals surface area contributed by atoms with Crippen LogP contribution in [0, 0.1) is 0 Å². The van der Waals surface area contributed by atoms with Crippen molar-refractivity contribution in [2.45, 2.75) is 32.0 Å². The summed E-state index contributed by atoms with van der Waals surface area (Å²) in [5.41, 5.74) is 1.67. The number of carbonyl (C=O) groups excluding carboxylic acids is 1. The maximum Gasteiger partial charge on any atom is 0.318 e. The van der Waals surface area contributed by atoms with E-state index in [0.29, 0.717) is 25.0 Å². The molecule has 0 aliphatic heterocycles. The van der Waals surface area contributed by atoms with E-state index in [4.69, 9.17) is 0 Å². The van der Waals surface area contributed by atoms with Gasteiger partial charge in [-0.1, -0.05) is 12.1 Å². The number of urea groups is 1. The molecule has 1 aliphatic carbocycles. The number of amides is 2. The van der Waals surface area contributed by atoms with Gasteiger partial charge in [0.15, 0.2) is 11.5 Å². The molecule has 1 saturated carbocycles. The number of nitrogens with zero attached hydrogens (tertiary/aromatic N) is 5. The Labute approximate surface area is 139 Å². The summed E-state index contributed by atoms with van der Waals surface area (Å²) in [4.78, 5) is 23.1. The highest BCUT2D eigenvalue weighted by atomic mass is 16.2. The van der Waals surface area contributed by atoms with Crippen LogP contribution in [0.25, 0.3) is 5.65 Å². The molecule has 3 aromatic rings. The van der Waals surface area contributed by atoms with Gasteiger partial charge in [-0.3, -0.25) is 4.98 Å². The van der Waals surface area contributed by atoms with Crippen molar-refractivity contribution in [3.05, 3.63) is 60.3 Å². The molecule has 0 radical (unpaired) electrons. The summed E-state index contributed by atoms with van der Waals surface area (Å²) in [6.07, 6.45) is 5.68. The standard InChI is InChI=1S/C17H18N6O/c24-17(19-11-15-20-16-6-2-4-10-23(16)21-15)22(14-7-8-14)12-13-5-1-3-9-18-13/h1-6,9-10,14H,7-8,11-12H2,(H,19,24). The molecule has 122 valence electrons. The Hall–Kier alpha value is -2.96. The number of fused-ring (bicyclic) bond motifs is 1. The maximum absolute atomic E-state index is 12.5. The highest BCUT2D eigenvalue weighted by Crippen LogP contribution is 2.28. The number of pyridine rings is 2. The predicted octanol–water partition coefficient (Wildman–Crippen LogP) is 2.00. The van der Waals surface area contributed by atoms with Crippen molar-refractivity contribution < 1.29 is 4.79 Å². The molecule has 2 amide bonds. The summed E-state index contributed by atoms with van der Waals surface area (Å²) in [7, 11) is 0. The summed E-state index contributed by atoms with van der Waals surface area (Å²) >= 11 is 0. The van der Waals surface area contributed by atoms with E-state index in [1.165, 1.54) is 0 Å². The Morgan fingerprint density at radius 3 is 2.88 bits per heavy atom. The molecule has 3 heterocycles. The molecule has 1 aliphatic rings. The van der Waals surface area contributed by atoms with Crippen LogP contribution in [-0.2, 0) is 13.1 Å². The van der Waals surface area contributed by atoms with E-state index < -0.39 is 0 Å². The number of hydrogen-bond donors (Lipinski definition) is 1. The van der Waals surface area contributed by atoms with Crippen molar-refractivity contribution >= 4 is 11.7 Å². The summed E-state index contributed by atoms with van der Waals surface area (Å²) < 4.78 is 1.70. The van der Waals surface area contributed by atoms with Crippen LogP contribution >= 0.6 is 0 Å². The van der Waals surface area contributed by atoms with Crippen molar-refractivity contribution in [2.24, 2.45) is 0 Å². The lowest BCUT2D eigenvalue weighted by atomic mass is 10.3. The molecule has 0 spiro atoms. The fourth-order valence-corrected chi connectivity index (χ4v) is 2.63. The molecular formula is C17H18N6O. The van der Waals surface area contributed by atoms with Gasteiger partial charge in [0.1, 0.15) is 0 Å². The van der Waals surface area contributed by atoms with Crippen LogP contribution in [-0.4, -0.2) is 36.6 Å². The normalized spacial score (nSPS) is 13.8. The lowest BCUT2D eigenvalue weighted by Crippen LogP contribution is -2.40.